The molecule has 104 valence electrons. The normalized spacial score (nSPS) is 9.84. The molecular formula is C13H17BrN2O3. The maximum absolute atomic E-state index is 11.9. The lowest BCUT2D eigenvalue weighted by molar-refractivity contribution is -0.137. The molecule has 0 saturated heterocycles. The summed E-state index contributed by atoms with van der Waals surface area (Å²) in [7, 11) is 1.54. The van der Waals surface area contributed by atoms with Crippen LogP contribution < -0.4 is 10.1 Å². The van der Waals surface area contributed by atoms with Crippen molar-refractivity contribution < 1.29 is 14.3 Å². The average molecular weight is 329 g/mol. The van der Waals surface area contributed by atoms with Gasteiger partial charge in [0.1, 0.15) is 5.75 Å². The highest BCUT2D eigenvalue weighted by Crippen LogP contribution is 2.16. The zero-order chi connectivity index (χ0) is 14.3. The lowest BCUT2D eigenvalue weighted by Gasteiger charge is -2.19. The Morgan fingerprint density at radius 3 is 2.47 bits per heavy atom. The summed E-state index contributed by atoms with van der Waals surface area (Å²) in [5.41, 5.74) is 0. The molecule has 0 aliphatic carbocycles. The zero-order valence-corrected chi connectivity index (χ0v) is 12.6. The van der Waals surface area contributed by atoms with Crippen molar-refractivity contribution in [2.75, 3.05) is 26.7 Å². The van der Waals surface area contributed by atoms with E-state index in [-0.39, 0.29) is 25.0 Å². The van der Waals surface area contributed by atoms with Gasteiger partial charge in [-0.15, -0.1) is 0 Å². The number of carbonyl (C=O) groups excluding carboxylic acids is 2. The second kappa shape index (κ2) is 7.78. The van der Waals surface area contributed by atoms with Crippen LogP contribution in [0.25, 0.3) is 0 Å². The molecule has 0 saturated carbocycles. The molecule has 2 amide bonds. The van der Waals surface area contributed by atoms with Gasteiger partial charge in [-0.25, -0.2) is 0 Å². The van der Waals surface area contributed by atoms with Gasteiger partial charge in [0.25, 0.3) is 5.91 Å². The van der Waals surface area contributed by atoms with Crippen LogP contribution >= 0.6 is 15.9 Å². The van der Waals surface area contributed by atoms with E-state index in [4.69, 9.17) is 4.74 Å². The van der Waals surface area contributed by atoms with E-state index in [2.05, 4.69) is 21.2 Å². The number of nitrogens with zero attached hydrogens (tertiary/aromatic N) is 1. The third-order valence-corrected chi connectivity index (χ3v) is 3.05. The molecular weight excluding hydrogens is 312 g/mol. The van der Waals surface area contributed by atoms with Crippen LogP contribution in [0.3, 0.4) is 0 Å². The Kier molecular flexibility index (Phi) is 6.35. The van der Waals surface area contributed by atoms with Crippen LogP contribution in [0, 0.1) is 0 Å². The third-order valence-electron chi connectivity index (χ3n) is 2.52. The second-order valence-corrected chi connectivity index (χ2v) is 4.74. The van der Waals surface area contributed by atoms with Crippen molar-refractivity contribution in [1.29, 1.82) is 0 Å². The van der Waals surface area contributed by atoms with E-state index >= 15 is 0 Å². The summed E-state index contributed by atoms with van der Waals surface area (Å²) in [5.74, 6) is 0.209. The van der Waals surface area contributed by atoms with Crippen molar-refractivity contribution in [1.82, 2.24) is 10.2 Å². The Labute approximate surface area is 121 Å². The minimum absolute atomic E-state index is 0.0511. The highest BCUT2D eigenvalue weighted by Gasteiger charge is 2.15. The lowest BCUT2D eigenvalue weighted by Crippen LogP contribution is -2.41. The van der Waals surface area contributed by atoms with Crippen molar-refractivity contribution >= 4 is 27.7 Å². The highest BCUT2D eigenvalue weighted by atomic mass is 79.9. The van der Waals surface area contributed by atoms with Crippen molar-refractivity contribution in [3.05, 3.63) is 28.7 Å². The van der Waals surface area contributed by atoms with E-state index in [0.29, 0.717) is 12.3 Å². The maximum Gasteiger partial charge on any atom is 0.260 e. The number of benzene rings is 1. The fraction of sp³-hybridized carbons (Fsp3) is 0.385. The van der Waals surface area contributed by atoms with Crippen LogP contribution in [0.5, 0.6) is 5.75 Å². The molecule has 0 aliphatic heterocycles. The number of nitrogens with one attached hydrogen (secondary N) is 1. The van der Waals surface area contributed by atoms with E-state index in [9.17, 15) is 9.59 Å². The third kappa shape index (κ3) is 5.30. The first-order chi connectivity index (χ1) is 9.06. The topological polar surface area (TPSA) is 58.6 Å². The molecule has 1 rings (SSSR count). The number of hydrogen-bond donors (Lipinski definition) is 1. The maximum atomic E-state index is 11.9. The fourth-order valence-corrected chi connectivity index (χ4v) is 1.66. The van der Waals surface area contributed by atoms with Gasteiger partial charge in [-0.3, -0.25) is 9.59 Å². The summed E-state index contributed by atoms with van der Waals surface area (Å²) in [5, 5.41) is 2.49. The molecule has 0 aromatic heterocycles. The first-order valence-corrected chi connectivity index (χ1v) is 6.72. The molecule has 0 heterocycles. The van der Waals surface area contributed by atoms with Gasteiger partial charge in [-0.05, 0) is 31.2 Å². The number of hydrogen-bond acceptors (Lipinski definition) is 3. The summed E-state index contributed by atoms with van der Waals surface area (Å²) in [6.45, 7) is 2.26. The number of likely N-dealkylation sites (N-methyl/N-ethyl adjacent to an activating group) is 2. The van der Waals surface area contributed by atoms with E-state index < -0.39 is 0 Å². The smallest absolute Gasteiger partial charge is 0.260 e. The number of halogens is 1. The summed E-state index contributed by atoms with van der Waals surface area (Å²) in [6.07, 6.45) is 0. The van der Waals surface area contributed by atoms with E-state index in [1.54, 1.807) is 19.2 Å². The quantitative estimate of drug-likeness (QED) is 0.859. The van der Waals surface area contributed by atoms with Crippen LogP contribution in [-0.4, -0.2) is 43.5 Å². The van der Waals surface area contributed by atoms with Gasteiger partial charge in [0.2, 0.25) is 5.91 Å². The molecule has 0 spiro atoms. The minimum Gasteiger partial charge on any atom is -0.484 e. The molecule has 1 aromatic rings. The molecule has 1 N–H and O–H groups in total. The first kappa shape index (κ1) is 15.5. The van der Waals surface area contributed by atoms with Crippen molar-refractivity contribution in [3.8, 4) is 5.75 Å². The summed E-state index contributed by atoms with van der Waals surface area (Å²) < 4.78 is 6.32. The molecule has 0 aliphatic rings. The van der Waals surface area contributed by atoms with Crippen LogP contribution in [0.15, 0.2) is 28.7 Å². The molecule has 0 fully saturated rings. The van der Waals surface area contributed by atoms with Crippen LogP contribution in [0.1, 0.15) is 6.92 Å². The van der Waals surface area contributed by atoms with E-state index in [1.807, 2.05) is 19.1 Å². The van der Waals surface area contributed by atoms with E-state index in [1.165, 1.54) is 4.90 Å². The Hall–Kier alpha value is -1.56. The van der Waals surface area contributed by atoms with Crippen LogP contribution in [-0.2, 0) is 9.59 Å². The van der Waals surface area contributed by atoms with Gasteiger partial charge in [0.05, 0.1) is 6.54 Å². The van der Waals surface area contributed by atoms with E-state index in [0.717, 1.165) is 4.47 Å². The molecule has 5 nitrogen and oxygen atoms in total. The van der Waals surface area contributed by atoms with Crippen molar-refractivity contribution in [3.63, 3.8) is 0 Å². The average Bonchev–Trinajstić information content (AvgIpc) is 2.43. The van der Waals surface area contributed by atoms with Crippen molar-refractivity contribution in [2.24, 2.45) is 0 Å². The van der Waals surface area contributed by atoms with Gasteiger partial charge >= 0.3 is 0 Å². The van der Waals surface area contributed by atoms with Crippen LogP contribution in [0.4, 0.5) is 0 Å². The van der Waals surface area contributed by atoms with Crippen LogP contribution in [0.2, 0.25) is 0 Å². The minimum atomic E-state index is -0.214. The molecule has 6 heteroatoms. The Bertz CT molecular complexity index is 434. The fourth-order valence-electron chi connectivity index (χ4n) is 1.40. The predicted octanol–water partition coefficient (Wildman–Crippen LogP) is 1.42. The van der Waals surface area contributed by atoms with Gasteiger partial charge in [0, 0.05) is 18.1 Å². The van der Waals surface area contributed by atoms with Gasteiger partial charge < -0.3 is 15.0 Å². The monoisotopic (exact) mass is 328 g/mol. The van der Waals surface area contributed by atoms with Gasteiger partial charge in [-0.1, -0.05) is 15.9 Å². The second-order valence-electron chi connectivity index (χ2n) is 3.82. The SMILES string of the molecule is CCN(CC(=O)NC)C(=O)COc1ccc(Br)cc1. The molecule has 0 radical (unpaired) electrons. The molecule has 0 bridgehead atoms. The van der Waals surface area contributed by atoms with Gasteiger partial charge in [-0.2, -0.15) is 0 Å². The Morgan fingerprint density at radius 1 is 1.32 bits per heavy atom. The number of carbonyl (C=O) groups is 2. The number of rotatable bonds is 6. The van der Waals surface area contributed by atoms with Crippen molar-refractivity contribution in [2.45, 2.75) is 6.92 Å². The molecule has 19 heavy (non-hydrogen) atoms. The first-order valence-electron chi connectivity index (χ1n) is 5.93. The number of amides is 2. The molecule has 1 aromatic carbocycles. The molecule has 0 unspecified atom stereocenters. The summed E-state index contributed by atoms with van der Waals surface area (Å²) >= 11 is 3.32. The standard InChI is InChI=1S/C13H17BrN2O3/c1-3-16(8-12(17)15-2)13(18)9-19-11-6-4-10(14)5-7-11/h4-7H,3,8-9H2,1-2H3,(H,15,17). The Morgan fingerprint density at radius 2 is 1.95 bits per heavy atom. The van der Waals surface area contributed by atoms with Gasteiger partial charge in [0.15, 0.2) is 6.61 Å². The summed E-state index contributed by atoms with van der Waals surface area (Å²) in [6, 6.07) is 7.21. The lowest BCUT2D eigenvalue weighted by atomic mass is 10.3. The molecule has 0 atom stereocenters. The Balaban J connectivity index is 2.48. The number of ether oxygens (including phenoxy) is 1. The largest absolute Gasteiger partial charge is 0.484 e. The zero-order valence-electron chi connectivity index (χ0n) is 11.0. The summed E-state index contributed by atoms with van der Waals surface area (Å²) in [4.78, 5) is 24.6. The predicted molar refractivity (Wildman–Crippen MR) is 76.0 cm³/mol. The highest BCUT2D eigenvalue weighted by molar-refractivity contribution is 9.10.